The van der Waals surface area contributed by atoms with Crippen molar-refractivity contribution in [1.82, 2.24) is 5.32 Å². The van der Waals surface area contributed by atoms with Crippen molar-refractivity contribution in [3.63, 3.8) is 0 Å². The number of benzene rings is 1. The summed E-state index contributed by atoms with van der Waals surface area (Å²) in [5.41, 5.74) is 0.172. The highest BCUT2D eigenvalue weighted by Gasteiger charge is 2.27. The van der Waals surface area contributed by atoms with E-state index in [0.29, 0.717) is 11.3 Å². The van der Waals surface area contributed by atoms with Gasteiger partial charge in [-0.15, -0.1) is 0 Å². The Balaban J connectivity index is 2.46. The molecule has 1 N–H and O–H groups in total. The largest absolute Gasteiger partial charge is 0.479 e. The summed E-state index contributed by atoms with van der Waals surface area (Å²) in [4.78, 5) is 24.0. The van der Waals surface area contributed by atoms with Crippen LogP contribution >= 0.6 is 0 Å². The molecule has 0 aromatic heterocycles. The van der Waals surface area contributed by atoms with Crippen LogP contribution in [0.15, 0.2) is 24.3 Å². The number of carbonyl (C=O) groups excluding carboxylic acids is 2. The summed E-state index contributed by atoms with van der Waals surface area (Å²) in [7, 11) is 0. The summed E-state index contributed by atoms with van der Waals surface area (Å²) in [6, 6.07) is 8.40. The van der Waals surface area contributed by atoms with Crippen LogP contribution in [-0.4, -0.2) is 30.1 Å². The van der Waals surface area contributed by atoms with Crippen LogP contribution in [0.25, 0.3) is 0 Å². The van der Waals surface area contributed by atoms with Crippen LogP contribution in [0.5, 0.6) is 5.75 Å². The Bertz CT molecular complexity index is 667. The average Bonchev–Trinajstić information content (AvgIpc) is 2.50. The maximum absolute atomic E-state index is 12.0. The van der Waals surface area contributed by atoms with Gasteiger partial charge in [-0.3, -0.25) is 4.79 Å². The number of amides is 1. The van der Waals surface area contributed by atoms with Crippen molar-refractivity contribution >= 4 is 11.9 Å². The first-order chi connectivity index (χ1) is 11.9. The lowest BCUT2D eigenvalue weighted by Crippen LogP contribution is -2.47. The van der Waals surface area contributed by atoms with E-state index >= 15 is 0 Å². The van der Waals surface area contributed by atoms with Gasteiger partial charge in [0.15, 0.2) is 12.7 Å². The lowest BCUT2D eigenvalue weighted by molar-refractivity contribution is -0.155. The van der Waals surface area contributed by atoms with Crippen LogP contribution in [0, 0.1) is 16.7 Å². The number of hydrogen-bond acceptors (Lipinski definition) is 5. The molecule has 0 unspecified atom stereocenters. The molecule has 0 heterocycles. The summed E-state index contributed by atoms with van der Waals surface area (Å²) >= 11 is 0. The monoisotopic (exact) mass is 360 g/mol. The summed E-state index contributed by atoms with van der Waals surface area (Å²) in [5, 5.41) is 11.6. The Labute approximate surface area is 155 Å². The first kappa shape index (κ1) is 21.5. The molecular formula is C20H28N2O4. The van der Waals surface area contributed by atoms with Gasteiger partial charge < -0.3 is 14.8 Å². The van der Waals surface area contributed by atoms with E-state index in [0.717, 1.165) is 6.42 Å². The molecule has 0 radical (unpaired) electrons. The third-order valence-electron chi connectivity index (χ3n) is 3.42. The lowest BCUT2D eigenvalue weighted by Gasteiger charge is -2.33. The van der Waals surface area contributed by atoms with E-state index in [1.165, 1.54) is 0 Å². The molecule has 0 bridgehead atoms. The van der Waals surface area contributed by atoms with Gasteiger partial charge in [-0.05, 0) is 56.9 Å². The van der Waals surface area contributed by atoms with Crippen molar-refractivity contribution in [3.8, 4) is 11.8 Å². The van der Waals surface area contributed by atoms with Crippen molar-refractivity contribution in [2.45, 2.75) is 59.6 Å². The summed E-state index contributed by atoms with van der Waals surface area (Å²) in [6.45, 7) is 11.4. The number of nitrogens with zero attached hydrogens (tertiary/aromatic N) is 1. The van der Waals surface area contributed by atoms with Gasteiger partial charge in [0, 0.05) is 5.54 Å². The van der Waals surface area contributed by atoms with Crippen molar-refractivity contribution in [1.29, 1.82) is 5.26 Å². The Morgan fingerprint density at radius 3 is 2.23 bits per heavy atom. The van der Waals surface area contributed by atoms with Crippen LogP contribution in [0.4, 0.5) is 0 Å². The number of carbonyl (C=O) groups is 2. The second-order valence-corrected chi connectivity index (χ2v) is 8.17. The van der Waals surface area contributed by atoms with Gasteiger partial charge in [0.05, 0.1) is 11.6 Å². The van der Waals surface area contributed by atoms with E-state index in [1.54, 1.807) is 31.2 Å². The summed E-state index contributed by atoms with van der Waals surface area (Å²) < 4.78 is 10.5. The van der Waals surface area contributed by atoms with Gasteiger partial charge in [-0.25, -0.2) is 4.79 Å². The third-order valence-corrected chi connectivity index (χ3v) is 3.42. The zero-order chi connectivity index (χ0) is 20.0. The maximum Gasteiger partial charge on any atom is 0.347 e. The zero-order valence-corrected chi connectivity index (χ0v) is 16.4. The molecule has 0 aliphatic rings. The predicted octanol–water partition coefficient (Wildman–Crippen LogP) is 3.20. The Morgan fingerprint density at radius 2 is 1.73 bits per heavy atom. The SMILES string of the molecule is C[C@@H](Oc1ccc(C#N)cc1)C(=O)OCC(=O)NC(C)(C)CC(C)(C)C. The first-order valence-corrected chi connectivity index (χ1v) is 8.56. The van der Waals surface area contributed by atoms with E-state index in [2.05, 4.69) is 26.1 Å². The van der Waals surface area contributed by atoms with E-state index in [-0.39, 0.29) is 17.9 Å². The summed E-state index contributed by atoms with van der Waals surface area (Å²) in [5.74, 6) is -0.527. The van der Waals surface area contributed by atoms with Crippen LogP contribution in [-0.2, 0) is 14.3 Å². The normalized spacial score (nSPS) is 12.7. The topological polar surface area (TPSA) is 88.4 Å². The highest BCUT2D eigenvalue weighted by molar-refractivity contribution is 5.82. The molecule has 1 aromatic carbocycles. The predicted molar refractivity (Wildman–Crippen MR) is 98.5 cm³/mol. The van der Waals surface area contributed by atoms with Crippen molar-refractivity contribution in [3.05, 3.63) is 29.8 Å². The van der Waals surface area contributed by atoms with E-state index in [4.69, 9.17) is 14.7 Å². The molecule has 0 aliphatic heterocycles. The van der Waals surface area contributed by atoms with Crippen molar-refractivity contribution in [2.75, 3.05) is 6.61 Å². The van der Waals surface area contributed by atoms with E-state index in [9.17, 15) is 9.59 Å². The number of hydrogen-bond donors (Lipinski definition) is 1. The molecule has 6 heteroatoms. The van der Waals surface area contributed by atoms with Crippen LogP contribution in [0.2, 0.25) is 0 Å². The molecule has 26 heavy (non-hydrogen) atoms. The average molecular weight is 360 g/mol. The molecule has 0 aliphatic carbocycles. The highest BCUT2D eigenvalue weighted by atomic mass is 16.6. The zero-order valence-electron chi connectivity index (χ0n) is 16.4. The molecule has 0 saturated heterocycles. The minimum absolute atomic E-state index is 0.0664. The van der Waals surface area contributed by atoms with Crippen molar-refractivity contribution < 1.29 is 19.1 Å². The molecule has 1 aromatic rings. The molecule has 0 saturated carbocycles. The van der Waals surface area contributed by atoms with Gasteiger partial charge in [0.1, 0.15) is 5.75 Å². The number of esters is 1. The summed E-state index contributed by atoms with van der Waals surface area (Å²) in [6.07, 6.45) is -0.0731. The first-order valence-electron chi connectivity index (χ1n) is 8.56. The number of rotatable bonds is 7. The lowest BCUT2D eigenvalue weighted by atomic mass is 9.82. The molecule has 1 atom stereocenters. The van der Waals surface area contributed by atoms with Crippen molar-refractivity contribution in [2.24, 2.45) is 5.41 Å². The number of ether oxygens (including phenoxy) is 2. The smallest absolute Gasteiger partial charge is 0.347 e. The number of nitrogens with one attached hydrogen (secondary N) is 1. The molecule has 0 spiro atoms. The molecule has 6 nitrogen and oxygen atoms in total. The Morgan fingerprint density at radius 1 is 1.15 bits per heavy atom. The van der Waals surface area contributed by atoms with Crippen LogP contribution < -0.4 is 10.1 Å². The fourth-order valence-corrected chi connectivity index (χ4v) is 2.90. The second-order valence-electron chi connectivity index (χ2n) is 8.17. The van der Waals surface area contributed by atoms with Crippen LogP contribution in [0.1, 0.15) is 53.5 Å². The molecule has 0 fully saturated rings. The quantitative estimate of drug-likeness (QED) is 0.754. The molecule has 142 valence electrons. The number of nitriles is 1. The van der Waals surface area contributed by atoms with Gasteiger partial charge in [-0.1, -0.05) is 20.8 Å². The fraction of sp³-hybridized carbons (Fsp3) is 0.550. The van der Waals surface area contributed by atoms with Crippen LogP contribution in [0.3, 0.4) is 0 Å². The molecule has 1 rings (SSSR count). The fourth-order valence-electron chi connectivity index (χ4n) is 2.90. The second kappa shape index (κ2) is 8.70. The minimum Gasteiger partial charge on any atom is -0.479 e. The van der Waals surface area contributed by atoms with Gasteiger partial charge in [0.2, 0.25) is 0 Å². The van der Waals surface area contributed by atoms with Gasteiger partial charge >= 0.3 is 5.97 Å². The maximum atomic E-state index is 12.0. The Kier molecular flexibility index (Phi) is 7.19. The van der Waals surface area contributed by atoms with E-state index in [1.807, 2.05) is 19.9 Å². The third kappa shape index (κ3) is 8.02. The van der Waals surface area contributed by atoms with Gasteiger partial charge in [-0.2, -0.15) is 5.26 Å². The molecule has 1 amide bonds. The molecular weight excluding hydrogens is 332 g/mol. The Hall–Kier alpha value is -2.55. The standard InChI is InChI=1S/C20H28N2O4/c1-14(26-16-9-7-15(11-21)8-10-16)18(24)25-12-17(23)22-20(5,6)13-19(2,3)4/h7-10,14H,12-13H2,1-6H3,(H,22,23)/t14-/m1/s1. The van der Waals surface area contributed by atoms with Gasteiger partial charge in [0.25, 0.3) is 5.91 Å². The van der Waals surface area contributed by atoms with E-state index < -0.39 is 17.6 Å². The minimum atomic E-state index is -0.863. The highest BCUT2D eigenvalue weighted by Crippen LogP contribution is 2.26.